The Hall–Kier alpha value is -4.73. The molecule has 0 radical (unpaired) electrons. The zero-order chi connectivity index (χ0) is 27.0. The lowest BCUT2D eigenvalue weighted by Gasteiger charge is -2.12. The summed E-state index contributed by atoms with van der Waals surface area (Å²) in [6, 6.07) is 17.3. The second-order valence-corrected chi connectivity index (χ2v) is 10.4. The number of carbonyl (C=O) groups is 1. The number of nitrogens with one attached hydrogen (secondary N) is 1. The molecule has 5 aromatic rings. The molecule has 3 heterocycles. The van der Waals surface area contributed by atoms with Crippen LogP contribution in [0.2, 0.25) is 0 Å². The zero-order valence-electron chi connectivity index (χ0n) is 22.1. The summed E-state index contributed by atoms with van der Waals surface area (Å²) in [7, 11) is 3.99. The summed E-state index contributed by atoms with van der Waals surface area (Å²) in [5.41, 5.74) is 11.4. The van der Waals surface area contributed by atoms with Crippen LogP contribution in [0.4, 0.5) is 17.2 Å². The number of nitrogen functional groups attached to an aromatic ring is 1. The minimum atomic E-state index is -0.181. The molecule has 0 bridgehead atoms. The van der Waals surface area contributed by atoms with Gasteiger partial charge in [0.05, 0.1) is 23.2 Å². The molecule has 0 unspecified atom stereocenters. The summed E-state index contributed by atoms with van der Waals surface area (Å²) in [4.78, 5) is 23.3. The molecule has 194 valence electrons. The Labute approximate surface area is 220 Å². The fraction of sp³-hybridized carbons (Fsp3) is 0.250. The predicted octanol–water partition coefficient (Wildman–Crippen LogP) is 4.60. The molecule has 3 aromatic heterocycles. The molecule has 38 heavy (non-hydrogen) atoms. The van der Waals surface area contributed by atoms with Gasteiger partial charge in [-0.05, 0) is 36.4 Å². The first-order valence-electron chi connectivity index (χ1n) is 12.2. The number of rotatable bonds is 6. The Morgan fingerprint density at radius 3 is 2.39 bits per heavy atom. The van der Waals surface area contributed by atoms with Gasteiger partial charge >= 0.3 is 0 Å². The molecule has 0 aliphatic carbocycles. The van der Waals surface area contributed by atoms with E-state index >= 15 is 0 Å². The molecule has 0 aliphatic heterocycles. The number of amides is 1. The first-order valence-corrected chi connectivity index (χ1v) is 12.2. The molecule has 0 spiro atoms. The molecule has 0 fully saturated rings. The van der Waals surface area contributed by atoms with Gasteiger partial charge in [0.2, 0.25) is 5.91 Å². The fourth-order valence-electron chi connectivity index (χ4n) is 4.08. The molecule has 10 nitrogen and oxygen atoms in total. The van der Waals surface area contributed by atoms with Gasteiger partial charge in [-0.15, -0.1) is 0 Å². The molecular weight excluding hydrogens is 480 g/mol. The van der Waals surface area contributed by atoms with Crippen LogP contribution in [0.1, 0.15) is 32.2 Å². The molecule has 0 atom stereocenters. The van der Waals surface area contributed by atoms with Crippen molar-refractivity contribution in [3.63, 3.8) is 0 Å². The SMILES string of the molecule is CN(C)c1ccc(-c2nn(-c3ccc(NC(=O)Cc4cc(C(C)(C)C)on4)cc3)c3ncnc(N)c23)cc1. The van der Waals surface area contributed by atoms with E-state index in [-0.39, 0.29) is 17.7 Å². The number of fused-ring (bicyclic) bond motifs is 1. The quantitative estimate of drug-likeness (QED) is 0.339. The highest BCUT2D eigenvalue weighted by atomic mass is 16.5. The predicted molar refractivity (Wildman–Crippen MR) is 148 cm³/mol. The van der Waals surface area contributed by atoms with Crippen LogP contribution in [0.5, 0.6) is 0 Å². The maximum absolute atomic E-state index is 12.6. The van der Waals surface area contributed by atoms with Gasteiger partial charge in [0.25, 0.3) is 0 Å². The van der Waals surface area contributed by atoms with E-state index in [9.17, 15) is 4.79 Å². The smallest absolute Gasteiger partial charge is 0.230 e. The molecular formula is C28H30N8O2. The number of nitrogens with two attached hydrogens (primary N) is 1. The molecule has 0 aliphatic rings. The highest BCUT2D eigenvalue weighted by Crippen LogP contribution is 2.32. The van der Waals surface area contributed by atoms with Crippen LogP contribution in [-0.2, 0) is 16.6 Å². The summed E-state index contributed by atoms with van der Waals surface area (Å²) < 4.78 is 7.11. The number of anilines is 3. The molecule has 1 amide bonds. The number of nitrogens with zero attached hydrogens (tertiary/aromatic N) is 6. The number of aromatic nitrogens is 5. The lowest BCUT2D eigenvalue weighted by molar-refractivity contribution is -0.115. The third kappa shape index (κ3) is 4.93. The zero-order valence-corrected chi connectivity index (χ0v) is 22.1. The molecule has 2 aromatic carbocycles. The lowest BCUT2D eigenvalue weighted by atomic mass is 9.93. The minimum Gasteiger partial charge on any atom is -0.383 e. The maximum atomic E-state index is 12.6. The average molecular weight is 511 g/mol. The Morgan fingerprint density at radius 2 is 1.76 bits per heavy atom. The van der Waals surface area contributed by atoms with Crippen molar-refractivity contribution in [1.29, 1.82) is 0 Å². The third-order valence-electron chi connectivity index (χ3n) is 6.19. The standard InChI is InChI=1S/C28H30N8O2/c1-28(2,3)22-14-19(34-38-22)15-23(37)32-18-8-12-21(13-9-18)36-27-24(26(29)30-16-31-27)25(33-36)17-6-10-20(11-7-17)35(4)5/h6-14,16H,15H2,1-5H3,(H,32,37)(H2,29,30,31). The Balaban J connectivity index is 1.39. The van der Waals surface area contributed by atoms with Gasteiger partial charge in [0, 0.05) is 42.5 Å². The highest BCUT2D eigenvalue weighted by Gasteiger charge is 2.21. The van der Waals surface area contributed by atoms with Gasteiger partial charge in [-0.3, -0.25) is 4.79 Å². The molecule has 3 N–H and O–H groups in total. The Morgan fingerprint density at radius 1 is 1.05 bits per heavy atom. The van der Waals surface area contributed by atoms with Gasteiger partial charge in [0.1, 0.15) is 23.6 Å². The molecule has 0 saturated heterocycles. The number of carbonyl (C=O) groups excluding carboxylic acids is 1. The topological polar surface area (TPSA) is 128 Å². The molecule has 5 rings (SSSR count). The fourth-order valence-corrected chi connectivity index (χ4v) is 4.08. The Kier molecular flexibility index (Phi) is 6.31. The summed E-state index contributed by atoms with van der Waals surface area (Å²) in [5.74, 6) is 0.924. The monoisotopic (exact) mass is 510 g/mol. The van der Waals surface area contributed by atoms with Crippen molar-refractivity contribution in [1.82, 2.24) is 24.9 Å². The normalized spacial score (nSPS) is 11.6. The van der Waals surface area contributed by atoms with E-state index in [4.69, 9.17) is 15.4 Å². The van der Waals surface area contributed by atoms with Crippen LogP contribution in [0.3, 0.4) is 0 Å². The highest BCUT2D eigenvalue weighted by molar-refractivity contribution is 5.99. The minimum absolute atomic E-state index is 0.122. The lowest BCUT2D eigenvalue weighted by Crippen LogP contribution is -2.14. The van der Waals surface area contributed by atoms with E-state index in [1.165, 1.54) is 6.33 Å². The van der Waals surface area contributed by atoms with Crippen molar-refractivity contribution >= 4 is 34.1 Å². The van der Waals surface area contributed by atoms with E-state index in [1.807, 2.05) is 94.4 Å². The van der Waals surface area contributed by atoms with Gasteiger partial charge < -0.3 is 20.5 Å². The van der Waals surface area contributed by atoms with Crippen LogP contribution >= 0.6 is 0 Å². The van der Waals surface area contributed by atoms with Gasteiger partial charge in [-0.1, -0.05) is 38.1 Å². The van der Waals surface area contributed by atoms with E-state index in [2.05, 4.69) is 20.4 Å². The largest absolute Gasteiger partial charge is 0.383 e. The van der Waals surface area contributed by atoms with E-state index in [0.717, 1.165) is 22.7 Å². The summed E-state index contributed by atoms with van der Waals surface area (Å²) >= 11 is 0. The maximum Gasteiger partial charge on any atom is 0.230 e. The van der Waals surface area contributed by atoms with Crippen molar-refractivity contribution < 1.29 is 9.32 Å². The van der Waals surface area contributed by atoms with Crippen molar-refractivity contribution in [3.8, 4) is 16.9 Å². The van der Waals surface area contributed by atoms with Crippen LogP contribution in [-0.4, -0.2) is 44.9 Å². The van der Waals surface area contributed by atoms with Crippen molar-refractivity contribution in [3.05, 3.63) is 72.4 Å². The number of hydrogen-bond donors (Lipinski definition) is 2. The summed E-state index contributed by atoms with van der Waals surface area (Å²) in [6.07, 6.45) is 1.55. The second kappa shape index (κ2) is 9.62. The van der Waals surface area contributed by atoms with E-state index in [0.29, 0.717) is 33.9 Å². The summed E-state index contributed by atoms with van der Waals surface area (Å²) in [5, 5.41) is 12.5. The third-order valence-corrected chi connectivity index (χ3v) is 6.19. The summed E-state index contributed by atoms with van der Waals surface area (Å²) in [6.45, 7) is 6.10. The van der Waals surface area contributed by atoms with E-state index in [1.54, 1.807) is 4.68 Å². The molecule has 10 heteroatoms. The second-order valence-electron chi connectivity index (χ2n) is 10.4. The molecule has 0 saturated carbocycles. The Bertz CT molecular complexity index is 1590. The van der Waals surface area contributed by atoms with Gasteiger partial charge in [-0.2, -0.15) is 5.10 Å². The van der Waals surface area contributed by atoms with Crippen molar-refractivity contribution in [2.45, 2.75) is 32.6 Å². The van der Waals surface area contributed by atoms with Crippen LogP contribution in [0.15, 0.2) is 65.4 Å². The van der Waals surface area contributed by atoms with Crippen molar-refractivity contribution in [2.24, 2.45) is 0 Å². The first-order chi connectivity index (χ1) is 18.1. The van der Waals surface area contributed by atoms with E-state index < -0.39 is 0 Å². The van der Waals surface area contributed by atoms with Crippen LogP contribution in [0, 0.1) is 0 Å². The van der Waals surface area contributed by atoms with Crippen LogP contribution in [0.25, 0.3) is 28.0 Å². The number of benzene rings is 2. The first kappa shape index (κ1) is 24.9. The van der Waals surface area contributed by atoms with Gasteiger partial charge in [-0.25, -0.2) is 14.6 Å². The van der Waals surface area contributed by atoms with Crippen molar-refractivity contribution in [2.75, 3.05) is 30.0 Å². The van der Waals surface area contributed by atoms with Gasteiger partial charge in [0.15, 0.2) is 5.65 Å². The number of hydrogen-bond acceptors (Lipinski definition) is 8. The van der Waals surface area contributed by atoms with Crippen LogP contribution < -0.4 is 16.0 Å². The average Bonchev–Trinajstić information content (AvgIpc) is 3.50.